The van der Waals surface area contributed by atoms with Gasteiger partial charge in [0.25, 0.3) is 0 Å². The van der Waals surface area contributed by atoms with Gasteiger partial charge < -0.3 is 10.4 Å². The molecule has 0 aromatic heterocycles. The lowest BCUT2D eigenvalue weighted by Gasteiger charge is -2.31. The fraction of sp³-hybridized carbons (Fsp3) is 1.00. The number of aliphatic hydroxyl groups is 1. The van der Waals surface area contributed by atoms with Crippen molar-refractivity contribution in [2.45, 2.75) is 51.2 Å². The SMILES string of the molecule is CC(C)N1CCC(N(CCO)CC2CCCN2)C1. The number of aliphatic hydroxyl groups excluding tert-OH is 1. The summed E-state index contributed by atoms with van der Waals surface area (Å²) in [6.45, 7) is 10.3. The van der Waals surface area contributed by atoms with Gasteiger partial charge in [-0.2, -0.15) is 0 Å². The lowest BCUT2D eigenvalue weighted by molar-refractivity contribution is 0.136. The first-order valence-corrected chi connectivity index (χ1v) is 7.53. The normalized spacial score (nSPS) is 29.8. The Morgan fingerprint density at radius 2 is 2.22 bits per heavy atom. The molecular formula is C14H29N3O. The largest absolute Gasteiger partial charge is 0.395 e. The average molecular weight is 255 g/mol. The summed E-state index contributed by atoms with van der Waals surface area (Å²) < 4.78 is 0. The highest BCUT2D eigenvalue weighted by Crippen LogP contribution is 2.19. The zero-order valence-electron chi connectivity index (χ0n) is 11.9. The van der Waals surface area contributed by atoms with E-state index >= 15 is 0 Å². The smallest absolute Gasteiger partial charge is 0.0558 e. The maximum atomic E-state index is 9.27. The lowest BCUT2D eigenvalue weighted by Crippen LogP contribution is -2.46. The molecule has 4 nitrogen and oxygen atoms in total. The van der Waals surface area contributed by atoms with E-state index in [0.29, 0.717) is 18.1 Å². The fourth-order valence-corrected chi connectivity index (χ4v) is 3.28. The third kappa shape index (κ3) is 3.67. The van der Waals surface area contributed by atoms with Crippen molar-refractivity contribution in [2.24, 2.45) is 0 Å². The van der Waals surface area contributed by atoms with Crippen LogP contribution in [0.4, 0.5) is 0 Å². The van der Waals surface area contributed by atoms with Crippen LogP contribution in [0.5, 0.6) is 0 Å². The number of likely N-dealkylation sites (tertiary alicyclic amines) is 1. The van der Waals surface area contributed by atoms with Crippen LogP contribution in [0.1, 0.15) is 33.1 Å². The summed E-state index contributed by atoms with van der Waals surface area (Å²) in [7, 11) is 0. The second-order valence-corrected chi connectivity index (χ2v) is 6.04. The Morgan fingerprint density at radius 1 is 1.39 bits per heavy atom. The van der Waals surface area contributed by atoms with Crippen molar-refractivity contribution in [3.05, 3.63) is 0 Å². The first-order chi connectivity index (χ1) is 8.70. The van der Waals surface area contributed by atoms with Crippen molar-refractivity contribution in [2.75, 3.05) is 39.3 Å². The van der Waals surface area contributed by atoms with E-state index < -0.39 is 0 Å². The highest BCUT2D eigenvalue weighted by Gasteiger charge is 2.30. The van der Waals surface area contributed by atoms with Gasteiger partial charge in [0.05, 0.1) is 6.61 Å². The van der Waals surface area contributed by atoms with Crippen molar-refractivity contribution in [3.63, 3.8) is 0 Å². The highest BCUT2D eigenvalue weighted by atomic mass is 16.3. The van der Waals surface area contributed by atoms with Gasteiger partial charge >= 0.3 is 0 Å². The average Bonchev–Trinajstić information content (AvgIpc) is 2.99. The van der Waals surface area contributed by atoms with Gasteiger partial charge in [0.15, 0.2) is 0 Å². The molecule has 2 N–H and O–H groups in total. The van der Waals surface area contributed by atoms with Gasteiger partial charge in [0.1, 0.15) is 0 Å². The molecule has 2 unspecified atom stereocenters. The number of hydrogen-bond donors (Lipinski definition) is 2. The van der Waals surface area contributed by atoms with E-state index in [1.807, 2.05) is 0 Å². The van der Waals surface area contributed by atoms with E-state index in [2.05, 4.69) is 29.0 Å². The summed E-state index contributed by atoms with van der Waals surface area (Å²) >= 11 is 0. The van der Waals surface area contributed by atoms with Gasteiger partial charge in [-0.3, -0.25) is 9.80 Å². The van der Waals surface area contributed by atoms with E-state index in [1.54, 1.807) is 0 Å². The van der Waals surface area contributed by atoms with Crippen LogP contribution >= 0.6 is 0 Å². The molecule has 2 rings (SSSR count). The second kappa shape index (κ2) is 6.85. The summed E-state index contributed by atoms with van der Waals surface area (Å²) in [5.74, 6) is 0. The number of hydrogen-bond acceptors (Lipinski definition) is 4. The molecular weight excluding hydrogens is 226 g/mol. The minimum Gasteiger partial charge on any atom is -0.395 e. The highest BCUT2D eigenvalue weighted by molar-refractivity contribution is 4.88. The van der Waals surface area contributed by atoms with Crippen LogP contribution < -0.4 is 5.32 Å². The van der Waals surface area contributed by atoms with Crippen molar-refractivity contribution in [3.8, 4) is 0 Å². The van der Waals surface area contributed by atoms with Crippen LogP contribution in [0.25, 0.3) is 0 Å². The maximum absolute atomic E-state index is 9.27. The molecule has 2 aliphatic rings. The van der Waals surface area contributed by atoms with Gasteiger partial charge in [-0.05, 0) is 39.7 Å². The maximum Gasteiger partial charge on any atom is 0.0558 e. The summed E-state index contributed by atoms with van der Waals surface area (Å²) in [5, 5.41) is 12.8. The molecule has 2 saturated heterocycles. The molecule has 0 aromatic rings. The predicted molar refractivity (Wildman–Crippen MR) is 74.8 cm³/mol. The van der Waals surface area contributed by atoms with Gasteiger partial charge in [0, 0.05) is 44.3 Å². The fourth-order valence-electron chi connectivity index (χ4n) is 3.28. The molecule has 4 heteroatoms. The molecule has 106 valence electrons. The van der Waals surface area contributed by atoms with E-state index in [-0.39, 0.29) is 6.61 Å². The zero-order chi connectivity index (χ0) is 13.0. The molecule has 0 radical (unpaired) electrons. The third-order valence-corrected chi connectivity index (χ3v) is 4.45. The molecule has 2 fully saturated rings. The molecule has 18 heavy (non-hydrogen) atoms. The molecule has 0 amide bonds. The first kappa shape index (κ1) is 14.3. The lowest BCUT2D eigenvalue weighted by atomic mass is 10.1. The Bertz CT molecular complexity index is 241. The van der Waals surface area contributed by atoms with Crippen molar-refractivity contribution < 1.29 is 5.11 Å². The Balaban J connectivity index is 1.85. The molecule has 2 heterocycles. The summed E-state index contributed by atoms with van der Waals surface area (Å²) in [6.07, 6.45) is 3.86. The van der Waals surface area contributed by atoms with Crippen LogP contribution in [0, 0.1) is 0 Å². The van der Waals surface area contributed by atoms with E-state index in [0.717, 1.165) is 13.1 Å². The zero-order valence-corrected chi connectivity index (χ0v) is 11.9. The Labute approximate surface area is 111 Å². The quantitative estimate of drug-likeness (QED) is 0.726. The van der Waals surface area contributed by atoms with Crippen molar-refractivity contribution in [1.82, 2.24) is 15.1 Å². The summed E-state index contributed by atoms with van der Waals surface area (Å²) in [4.78, 5) is 5.06. The van der Waals surface area contributed by atoms with Gasteiger partial charge in [-0.25, -0.2) is 0 Å². The molecule has 0 aromatic carbocycles. The molecule has 0 saturated carbocycles. The minimum absolute atomic E-state index is 0.283. The molecule has 2 aliphatic heterocycles. The van der Waals surface area contributed by atoms with E-state index in [9.17, 15) is 5.11 Å². The first-order valence-electron chi connectivity index (χ1n) is 7.53. The standard InChI is InChI=1S/C14H29N3O/c1-12(2)16-7-5-14(11-16)17(8-9-18)10-13-4-3-6-15-13/h12-15,18H,3-11H2,1-2H3. The number of rotatable bonds is 6. The predicted octanol–water partition coefficient (Wildman–Crippen LogP) is 0.515. The van der Waals surface area contributed by atoms with Crippen molar-refractivity contribution >= 4 is 0 Å². The molecule has 2 atom stereocenters. The van der Waals surface area contributed by atoms with Crippen LogP contribution in [-0.2, 0) is 0 Å². The Morgan fingerprint density at radius 3 is 2.78 bits per heavy atom. The van der Waals surface area contributed by atoms with Crippen LogP contribution in [0.3, 0.4) is 0 Å². The summed E-state index contributed by atoms with van der Waals surface area (Å²) in [6, 6.07) is 1.93. The minimum atomic E-state index is 0.283. The second-order valence-electron chi connectivity index (χ2n) is 6.04. The van der Waals surface area contributed by atoms with Crippen LogP contribution in [0.2, 0.25) is 0 Å². The van der Waals surface area contributed by atoms with Crippen LogP contribution in [-0.4, -0.2) is 72.4 Å². The van der Waals surface area contributed by atoms with Gasteiger partial charge in [-0.1, -0.05) is 0 Å². The molecule has 0 spiro atoms. The Kier molecular flexibility index (Phi) is 5.42. The third-order valence-electron chi connectivity index (χ3n) is 4.45. The number of nitrogens with zero attached hydrogens (tertiary/aromatic N) is 2. The van der Waals surface area contributed by atoms with Gasteiger partial charge in [0.2, 0.25) is 0 Å². The van der Waals surface area contributed by atoms with Crippen molar-refractivity contribution in [1.29, 1.82) is 0 Å². The van der Waals surface area contributed by atoms with Crippen LogP contribution in [0.15, 0.2) is 0 Å². The molecule has 0 aliphatic carbocycles. The van der Waals surface area contributed by atoms with E-state index in [1.165, 1.54) is 38.9 Å². The topological polar surface area (TPSA) is 38.7 Å². The number of nitrogens with one attached hydrogen (secondary N) is 1. The Hall–Kier alpha value is -0.160. The van der Waals surface area contributed by atoms with Gasteiger partial charge in [-0.15, -0.1) is 0 Å². The molecule has 0 bridgehead atoms. The monoisotopic (exact) mass is 255 g/mol. The van der Waals surface area contributed by atoms with E-state index in [4.69, 9.17) is 0 Å². The summed E-state index contributed by atoms with van der Waals surface area (Å²) in [5.41, 5.74) is 0.